The van der Waals surface area contributed by atoms with E-state index in [0.29, 0.717) is 32.5 Å². The monoisotopic (exact) mass is 1280 g/mol. The highest BCUT2D eigenvalue weighted by Gasteiger charge is 2.52. The van der Waals surface area contributed by atoms with Crippen LogP contribution in [0.25, 0.3) is 0 Å². The second kappa shape index (κ2) is 25.9. The normalized spacial score (nSPS) is 19.9. The van der Waals surface area contributed by atoms with Gasteiger partial charge in [-0.2, -0.15) is 0 Å². The molecule has 16 nitrogen and oxygen atoms in total. The molecule has 0 saturated carbocycles. The molecule has 0 spiro atoms. The summed E-state index contributed by atoms with van der Waals surface area (Å²) in [6, 6.07) is 17.4. The number of hydrogen-bond acceptors (Lipinski definition) is 11. The third-order valence-electron chi connectivity index (χ3n) is 12.3. The summed E-state index contributed by atoms with van der Waals surface area (Å²) in [7, 11) is -0.445. The number of nitrogens with one attached hydrogen (secondary N) is 3. The highest BCUT2D eigenvalue weighted by molar-refractivity contribution is 14.1. The largest absolute Gasteiger partial charge is 0.495 e. The summed E-state index contributed by atoms with van der Waals surface area (Å²) in [5.74, 6) is -0.114. The molecule has 0 radical (unpaired) electrons. The first-order valence-corrected chi connectivity index (χ1v) is 27.8. The van der Waals surface area contributed by atoms with E-state index in [4.69, 9.17) is 23.5 Å². The van der Waals surface area contributed by atoms with Gasteiger partial charge in [0.2, 0.25) is 17.7 Å². The van der Waals surface area contributed by atoms with Gasteiger partial charge in [-0.25, -0.2) is 9.59 Å². The molecule has 4 saturated heterocycles. The molecule has 0 aliphatic carbocycles. The lowest BCUT2D eigenvalue weighted by molar-refractivity contribution is -0.155. The molecule has 4 fully saturated rings. The topological polar surface area (TPSA) is 191 Å². The van der Waals surface area contributed by atoms with Crippen LogP contribution in [0.2, 0.25) is 0 Å². The molecule has 75 heavy (non-hydrogen) atoms. The number of anilines is 2. The maximum Gasteiger partial charge on any atom is 0.495 e. The van der Waals surface area contributed by atoms with Gasteiger partial charge in [0.1, 0.15) is 16.8 Å². The first kappa shape index (κ1) is 63.3. The second-order valence-corrected chi connectivity index (χ2v) is 26.2. The predicted molar refractivity (Wildman–Crippen MR) is 309 cm³/mol. The molecule has 0 bridgehead atoms. The molecular formula is C55H77BBr2IN5O11. The Kier molecular flexibility index (Phi) is 21.9. The minimum atomic E-state index is -0.577. The summed E-state index contributed by atoms with van der Waals surface area (Å²) in [6.07, 6.45) is 0.314. The summed E-state index contributed by atoms with van der Waals surface area (Å²) >= 11 is 9.18. The Bertz CT molecular complexity index is 2540. The van der Waals surface area contributed by atoms with E-state index in [1.807, 2.05) is 140 Å². The number of aryl methyl sites for hydroxylation is 3. The van der Waals surface area contributed by atoms with Gasteiger partial charge in [0.25, 0.3) is 0 Å². The van der Waals surface area contributed by atoms with Crippen molar-refractivity contribution in [2.45, 2.75) is 177 Å². The average Bonchev–Trinajstić information content (AvgIpc) is 3.98. The molecule has 20 heteroatoms. The van der Waals surface area contributed by atoms with E-state index in [-0.39, 0.29) is 54.5 Å². The van der Waals surface area contributed by atoms with Crippen LogP contribution in [0.3, 0.4) is 0 Å². The molecular weight excluding hydrogens is 1200 g/mol. The number of halogens is 3. The Labute approximate surface area is 475 Å². The van der Waals surface area contributed by atoms with Crippen LogP contribution >= 0.6 is 54.5 Å². The molecule has 0 unspecified atom stereocenters. The Morgan fingerprint density at radius 2 is 1.09 bits per heavy atom. The van der Waals surface area contributed by atoms with E-state index in [2.05, 4.69) is 95.5 Å². The molecule has 412 valence electrons. The van der Waals surface area contributed by atoms with Crippen LogP contribution in [0, 0.1) is 30.3 Å². The van der Waals surface area contributed by atoms with Crippen molar-refractivity contribution in [3.05, 3.63) is 83.8 Å². The molecule has 4 heterocycles. The number of rotatable bonds is 7. The lowest BCUT2D eigenvalue weighted by Crippen LogP contribution is -2.41. The van der Waals surface area contributed by atoms with Crippen molar-refractivity contribution >= 4 is 114 Å². The van der Waals surface area contributed by atoms with Gasteiger partial charge in [-0.3, -0.25) is 19.2 Å². The van der Waals surface area contributed by atoms with Gasteiger partial charge in [0.15, 0.2) is 0 Å². The van der Waals surface area contributed by atoms with Crippen molar-refractivity contribution in [1.82, 2.24) is 16.0 Å². The second-order valence-electron chi connectivity index (χ2n) is 23.2. The minimum absolute atomic E-state index is 0.00258. The van der Waals surface area contributed by atoms with Gasteiger partial charge in [0, 0.05) is 62.8 Å². The number of carbonyl (C=O) groups is 6. The fraction of sp³-hybridized carbons (Fsp3) is 0.564. The fourth-order valence-electron chi connectivity index (χ4n) is 7.95. The van der Waals surface area contributed by atoms with Crippen LogP contribution in [0.4, 0.5) is 21.0 Å². The maximum atomic E-state index is 12.6. The third-order valence-corrected chi connectivity index (χ3v) is 14.7. The maximum absolute atomic E-state index is 12.6. The number of ether oxygens (including phenoxy) is 3. The molecule has 0 aromatic heterocycles. The zero-order valence-electron chi connectivity index (χ0n) is 46.5. The molecule has 4 aliphatic rings. The first-order valence-electron chi connectivity index (χ1n) is 25.1. The predicted octanol–water partition coefficient (Wildman–Crippen LogP) is 10.5. The Morgan fingerprint density at radius 3 is 1.48 bits per heavy atom. The average molecular weight is 1280 g/mol. The van der Waals surface area contributed by atoms with E-state index in [1.54, 1.807) is 9.80 Å². The van der Waals surface area contributed by atoms with E-state index >= 15 is 0 Å². The smallest absolute Gasteiger partial charge is 0.460 e. The zero-order valence-corrected chi connectivity index (χ0v) is 51.8. The van der Waals surface area contributed by atoms with Crippen LogP contribution in [0.5, 0.6) is 0 Å². The van der Waals surface area contributed by atoms with Crippen LogP contribution in [0.1, 0.15) is 132 Å². The van der Waals surface area contributed by atoms with Gasteiger partial charge in [-0.1, -0.05) is 37.9 Å². The SMILES string of the molecule is CC(C)(C)OC(=O)C[C@@H]1CNC(=O)C1.Cc1cc(I)ccc1Br.Cc1cc(N2C[C@@H](NC(=O)OC(C)(C)C)CC2=O)ccc1B1OC(C)(C)C(C)(C)O1.Cc1cc(N2C[C@@H](NC(=O)OC(C)(C)C)CC2=O)ccc1Br. The summed E-state index contributed by atoms with van der Waals surface area (Å²) in [4.78, 5) is 74.2. The number of carbonyl (C=O) groups excluding carboxylic acids is 6. The van der Waals surface area contributed by atoms with Crippen molar-refractivity contribution in [3.63, 3.8) is 0 Å². The third kappa shape index (κ3) is 20.2. The minimum Gasteiger partial charge on any atom is -0.460 e. The quantitative estimate of drug-likeness (QED) is 0.0883. The zero-order chi connectivity index (χ0) is 56.6. The Hall–Kier alpha value is -4.25. The lowest BCUT2D eigenvalue weighted by atomic mass is 9.76. The fourth-order valence-corrected chi connectivity index (χ4v) is 9.09. The van der Waals surface area contributed by atoms with Crippen LogP contribution in [0.15, 0.2) is 63.5 Å². The number of esters is 1. The number of alkyl carbamates (subject to hydrolysis) is 2. The number of amides is 5. The molecule has 3 atom stereocenters. The summed E-state index contributed by atoms with van der Waals surface area (Å²) in [5.41, 5.74) is 3.56. The van der Waals surface area contributed by atoms with E-state index < -0.39 is 47.3 Å². The van der Waals surface area contributed by atoms with Gasteiger partial charge < -0.3 is 49.3 Å². The first-order chi connectivity index (χ1) is 34.4. The molecule has 3 N–H and O–H groups in total. The molecule has 3 aromatic rings. The van der Waals surface area contributed by atoms with E-state index in [9.17, 15) is 28.8 Å². The highest BCUT2D eigenvalue weighted by atomic mass is 127. The molecule has 7 rings (SSSR count). The number of hydrogen-bond donors (Lipinski definition) is 3. The molecule has 5 amide bonds. The van der Waals surface area contributed by atoms with E-state index in [1.165, 1.54) is 13.6 Å². The molecule has 4 aliphatic heterocycles. The van der Waals surface area contributed by atoms with Crippen molar-refractivity contribution in [3.8, 4) is 0 Å². The standard InChI is InChI=1S/C22H33BN2O5.C16H21BrN2O3.C10H17NO3.C7H6BrI/c1-14-11-16(9-10-17(14)23-29-21(5,6)22(7,8)30-23)25-13-15(12-18(25)26)24-19(27)28-20(2,3)4;1-10-7-12(5-6-13(10)17)19-9-11(8-14(19)20)18-15(21)22-16(2,3)4;1-10(2,3)14-9(13)5-7-4-8(12)11-6-7;1-5-4-6(9)2-3-7(5)8/h9-11,15H,12-13H2,1-8H3,(H,24,27);5-7,11H,8-9H2,1-4H3,(H,18,21);7H,4-6H2,1-3H3,(H,11,12);2-4H,1H3/t15-;11-;7-;/m001./s1. The van der Waals surface area contributed by atoms with Crippen molar-refractivity contribution in [1.29, 1.82) is 0 Å². The lowest BCUT2D eigenvalue weighted by Gasteiger charge is -2.32. The van der Waals surface area contributed by atoms with Gasteiger partial charge in [-0.15, -0.1) is 0 Å². The number of nitrogens with zero attached hydrogens (tertiary/aromatic N) is 2. The van der Waals surface area contributed by atoms with Gasteiger partial charge in [-0.05, 0) is 210 Å². The van der Waals surface area contributed by atoms with Crippen molar-refractivity contribution < 1.29 is 52.3 Å². The van der Waals surface area contributed by atoms with Gasteiger partial charge in [0.05, 0.1) is 29.7 Å². The Balaban J connectivity index is 0.000000236. The van der Waals surface area contributed by atoms with Crippen LogP contribution in [-0.2, 0) is 42.7 Å². The van der Waals surface area contributed by atoms with Crippen LogP contribution < -0.4 is 31.2 Å². The van der Waals surface area contributed by atoms with E-state index in [0.717, 1.165) is 32.4 Å². The summed E-state index contributed by atoms with van der Waals surface area (Å²) < 4.78 is 31.5. The Morgan fingerprint density at radius 1 is 0.667 bits per heavy atom. The van der Waals surface area contributed by atoms with Crippen LogP contribution in [-0.4, -0.2) is 103 Å². The van der Waals surface area contributed by atoms with Crippen molar-refractivity contribution in [2.75, 3.05) is 29.4 Å². The summed E-state index contributed by atoms with van der Waals surface area (Å²) in [5, 5.41) is 8.24. The van der Waals surface area contributed by atoms with Crippen molar-refractivity contribution in [2.24, 2.45) is 5.92 Å². The summed E-state index contributed by atoms with van der Waals surface area (Å²) in [6.45, 7) is 32.0. The highest BCUT2D eigenvalue weighted by Crippen LogP contribution is 2.37. The molecule has 3 aromatic carbocycles. The number of benzene rings is 3. The van der Waals surface area contributed by atoms with Gasteiger partial charge >= 0.3 is 25.3 Å².